The van der Waals surface area contributed by atoms with Crippen molar-refractivity contribution in [3.63, 3.8) is 0 Å². The predicted octanol–water partition coefficient (Wildman–Crippen LogP) is 3.86. The number of carbonyl (C=O) groups is 2. The summed E-state index contributed by atoms with van der Waals surface area (Å²) >= 11 is 0. The van der Waals surface area contributed by atoms with E-state index >= 15 is 0 Å². The van der Waals surface area contributed by atoms with Gasteiger partial charge >= 0.3 is 0 Å². The van der Waals surface area contributed by atoms with Crippen molar-refractivity contribution < 1.29 is 9.59 Å². The fraction of sp³-hybridized carbons (Fsp3) is 0.652. The number of rotatable bonds is 6. The third-order valence-electron chi connectivity index (χ3n) is 6.10. The number of hydrogen-bond donors (Lipinski definition) is 0. The molecule has 2 aromatic rings. The van der Waals surface area contributed by atoms with Crippen molar-refractivity contribution in [2.45, 2.75) is 66.3 Å². The van der Waals surface area contributed by atoms with Gasteiger partial charge in [0.2, 0.25) is 5.91 Å². The third kappa shape index (κ3) is 4.20. The molecule has 30 heavy (non-hydrogen) atoms. The SMILES string of the molecule is CCN(CC)C(=O)C1CCN(C(=O)c2cc(C(C)C)nc3c2cnn3C(C)C)CC1. The molecule has 1 saturated heterocycles. The number of fused-ring (bicyclic) bond motifs is 1. The van der Waals surface area contributed by atoms with E-state index < -0.39 is 0 Å². The quantitative estimate of drug-likeness (QED) is 0.721. The minimum atomic E-state index is 0.0151. The van der Waals surface area contributed by atoms with Crippen molar-refractivity contribution in [3.05, 3.63) is 23.5 Å². The summed E-state index contributed by atoms with van der Waals surface area (Å²) < 4.78 is 1.88. The van der Waals surface area contributed by atoms with Crippen LogP contribution < -0.4 is 0 Å². The molecule has 0 bridgehead atoms. The van der Waals surface area contributed by atoms with E-state index in [1.54, 1.807) is 6.20 Å². The average molecular weight is 414 g/mol. The summed E-state index contributed by atoms with van der Waals surface area (Å²) in [5, 5.41) is 5.30. The highest BCUT2D eigenvalue weighted by Gasteiger charge is 2.31. The molecule has 2 amide bonds. The number of pyridine rings is 1. The largest absolute Gasteiger partial charge is 0.343 e. The van der Waals surface area contributed by atoms with Crippen molar-refractivity contribution in [1.82, 2.24) is 24.6 Å². The van der Waals surface area contributed by atoms with Gasteiger partial charge in [-0.1, -0.05) is 13.8 Å². The van der Waals surface area contributed by atoms with E-state index in [1.807, 2.05) is 34.4 Å². The Morgan fingerprint density at radius 1 is 1.13 bits per heavy atom. The third-order valence-corrected chi connectivity index (χ3v) is 6.10. The number of carbonyl (C=O) groups excluding carboxylic acids is 2. The maximum absolute atomic E-state index is 13.5. The highest BCUT2D eigenvalue weighted by molar-refractivity contribution is 6.05. The summed E-state index contributed by atoms with van der Waals surface area (Å²) in [6.45, 7) is 15.0. The lowest BCUT2D eigenvalue weighted by molar-refractivity contribution is -0.136. The Morgan fingerprint density at radius 2 is 1.77 bits per heavy atom. The van der Waals surface area contributed by atoms with E-state index in [1.165, 1.54) is 0 Å². The molecule has 0 saturated carbocycles. The molecule has 0 radical (unpaired) electrons. The van der Waals surface area contributed by atoms with E-state index in [4.69, 9.17) is 4.98 Å². The van der Waals surface area contributed by atoms with Crippen LogP contribution in [-0.2, 0) is 4.79 Å². The number of hydrogen-bond acceptors (Lipinski definition) is 4. The molecule has 0 spiro atoms. The molecule has 7 nitrogen and oxygen atoms in total. The molecule has 1 aliphatic heterocycles. The van der Waals surface area contributed by atoms with Crippen LogP contribution in [0.15, 0.2) is 12.3 Å². The minimum Gasteiger partial charge on any atom is -0.343 e. The van der Waals surface area contributed by atoms with Gasteiger partial charge in [-0.2, -0.15) is 5.10 Å². The summed E-state index contributed by atoms with van der Waals surface area (Å²) in [5.74, 6) is 0.468. The Bertz CT molecular complexity index is 906. The van der Waals surface area contributed by atoms with Crippen LogP contribution in [0.1, 0.15) is 82.4 Å². The Hall–Kier alpha value is -2.44. The molecular weight excluding hydrogens is 378 g/mol. The second kappa shape index (κ2) is 9.14. The van der Waals surface area contributed by atoms with Crippen LogP contribution in [0.4, 0.5) is 0 Å². The lowest BCUT2D eigenvalue weighted by atomic mass is 9.94. The first-order valence-corrected chi connectivity index (χ1v) is 11.2. The maximum Gasteiger partial charge on any atom is 0.254 e. The zero-order valence-electron chi connectivity index (χ0n) is 19.2. The second-order valence-electron chi connectivity index (χ2n) is 8.75. The minimum absolute atomic E-state index is 0.0151. The summed E-state index contributed by atoms with van der Waals surface area (Å²) in [6.07, 6.45) is 3.20. The second-order valence-corrected chi connectivity index (χ2v) is 8.75. The molecule has 1 aliphatic rings. The molecular formula is C23H35N5O2. The van der Waals surface area contributed by atoms with Crippen LogP contribution in [0.2, 0.25) is 0 Å². The topological polar surface area (TPSA) is 71.3 Å². The normalized spacial score (nSPS) is 15.4. The van der Waals surface area contributed by atoms with Gasteiger partial charge in [0, 0.05) is 43.8 Å². The van der Waals surface area contributed by atoms with E-state index in [9.17, 15) is 9.59 Å². The molecule has 0 atom stereocenters. The van der Waals surface area contributed by atoms with Gasteiger partial charge in [0.15, 0.2) is 5.65 Å². The Balaban J connectivity index is 1.85. The first-order valence-electron chi connectivity index (χ1n) is 11.2. The fourth-order valence-corrected chi connectivity index (χ4v) is 4.18. The number of nitrogens with zero attached hydrogens (tertiary/aromatic N) is 5. The smallest absolute Gasteiger partial charge is 0.254 e. The van der Waals surface area contributed by atoms with Crippen LogP contribution in [0.25, 0.3) is 11.0 Å². The van der Waals surface area contributed by atoms with Gasteiger partial charge in [0.1, 0.15) is 0 Å². The van der Waals surface area contributed by atoms with Crippen LogP contribution in [0, 0.1) is 5.92 Å². The van der Waals surface area contributed by atoms with Crippen molar-refractivity contribution in [1.29, 1.82) is 0 Å². The van der Waals surface area contributed by atoms with Gasteiger partial charge in [-0.25, -0.2) is 9.67 Å². The molecule has 2 aromatic heterocycles. The zero-order valence-corrected chi connectivity index (χ0v) is 19.2. The molecule has 0 aliphatic carbocycles. The van der Waals surface area contributed by atoms with Crippen molar-refractivity contribution >= 4 is 22.8 Å². The lowest BCUT2D eigenvalue weighted by Crippen LogP contribution is -2.44. The van der Waals surface area contributed by atoms with Crippen molar-refractivity contribution in [3.8, 4) is 0 Å². The molecule has 0 aromatic carbocycles. The van der Waals surface area contributed by atoms with Gasteiger partial charge in [-0.05, 0) is 52.5 Å². The Labute approximate surface area is 179 Å². The zero-order chi connectivity index (χ0) is 22.0. The Morgan fingerprint density at radius 3 is 2.30 bits per heavy atom. The van der Waals surface area contributed by atoms with Gasteiger partial charge in [-0.15, -0.1) is 0 Å². The molecule has 1 fully saturated rings. The van der Waals surface area contributed by atoms with Gasteiger partial charge in [-0.3, -0.25) is 9.59 Å². The molecule has 3 rings (SSSR count). The fourth-order valence-electron chi connectivity index (χ4n) is 4.18. The first kappa shape index (κ1) is 22.2. The number of amides is 2. The average Bonchev–Trinajstić information content (AvgIpc) is 3.17. The highest BCUT2D eigenvalue weighted by Crippen LogP contribution is 2.27. The predicted molar refractivity (Wildman–Crippen MR) is 119 cm³/mol. The standard InChI is InChI=1S/C23H35N5O2/c1-7-26(8-2)22(29)17-9-11-27(12-10-17)23(30)18-13-20(15(3)4)25-21-19(18)14-24-28(21)16(5)6/h13-17H,7-12H2,1-6H3. The first-order chi connectivity index (χ1) is 14.3. The van der Waals surface area contributed by atoms with E-state index in [2.05, 4.69) is 32.8 Å². The van der Waals surface area contributed by atoms with Crippen molar-refractivity contribution in [2.75, 3.05) is 26.2 Å². The van der Waals surface area contributed by atoms with Gasteiger partial charge < -0.3 is 9.80 Å². The molecule has 3 heterocycles. The van der Waals surface area contributed by atoms with E-state index in [0.29, 0.717) is 18.7 Å². The highest BCUT2D eigenvalue weighted by atomic mass is 16.2. The van der Waals surface area contributed by atoms with Crippen molar-refractivity contribution in [2.24, 2.45) is 5.92 Å². The van der Waals surface area contributed by atoms with Gasteiger partial charge in [0.25, 0.3) is 5.91 Å². The molecule has 164 valence electrons. The lowest BCUT2D eigenvalue weighted by Gasteiger charge is -2.34. The number of likely N-dealkylation sites (tertiary alicyclic amines) is 1. The van der Waals surface area contributed by atoms with Crippen LogP contribution >= 0.6 is 0 Å². The summed E-state index contributed by atoms with van der Waals surface area (Å²) in [5.41, 5.74) is 2.34. The summed E-state index contributed by atoms with van der Waals surface area (Å²) in [6, 6.07) is 2.09. The molecule has 7 heteroatoms. The number of aromatic nitrogens is 3. The Kier molecular flexibility index (Phi) is 6.78. The van der Waals surface area contributed by atoms with Crippen LogP contribution in [0.3, 0.4) is 0 Å². The summed E-state index contributed by atoms with van der Waals surface area (Å²) in [7, 11) is 0. The monoisotopic (exact) mass is 413 g/mol. The molecule has 0 N–H and O–H groups in total. The maximum atomic E-state index is 13.5. The van der Waals surface area contributed by atoms with Gasteiger partial charge in [0.05, 0.1) is 17.1 Å². The van der Waals surface area contributed by atoms with Crippen LogP contribution in [-0.4, -0.2) is 62.6 Å². The van der Waals surface area contributed by atoms with Crippen LogP contribution in [0.5, 0.6) is 0 Å². The summed E-state index contributed by atoms with van der Waals surface area (Å²) in [4.78, 5) is 34.7. The molecule has 0 unspecified atom stereocenters. The van der Waals surface area contributed by atoms with E-state index in [-0.39, 0.29) is 29.7 Å². The number of piperidine rings is 1. The van der Waals surface area contributed by atoms with E-state index in [0.717, 1.165) is 42.7 Å².